The summed E-state index contributed by atoms with van der Waals surface area (Å²) >= 11 is 0. The van der Waals surface area contributed by atoms with Gasteiger partial charge in [0.05, 0.1) is 12.2 Å². The quantitative estimate of drug-likeness (QED) is 0.853. The Labute approximate surface area is 92.4 Å². The van der Waals surface area contributed by atoms with Gasteiger partial charge in [-0.2, -0.15) is 0 Å². The van der Waals surface area contributed by atoms with E-state index in [2.05, 4.69) is 5.32 Å². The highest BCUT2D eigenvalue weighted by Gasteiger charge is 2.14. The Balaban J connectivity index is 2.76. The molecule has 1 rings (SSSR count). The zero-order valence-electron chi connectivity index (χ0n) is 9.09. The van der Waals surface area contributed by atoms with Crippen LogP contribution in [0.4, 0.5) is 8.78 Å². The van der Waals surface area contributed by atoms with Crippen molar-refractivity contribution in [1.29, 1.82) is 0 Å². The number of benzene rings is 1. The minimum absolute atomic E-state index is 0.264. The first-order valence-electron chi connectivity index (χ1n) is 4.79. The minimum Gasteiger partial charge on any atom is -0.383 e. The van der Waals surface area contributed by atoms with Gasteiger partial charge >= 0.3 is 0 Å². The summed E-state index contributed by atoms with van der Waals surface area (Å²) < 4.78 is 30.8. The Morgan fingerprint density at radius 1 is 1.50 bits per heavy atom. The maximum Gasteiger partial charge on any atom is 0.254 e. The van der Waals surface area contributed by atoms with E-state index in [1.54, 1.807) is 6.92 Å². The van der Waals surface area contributed by atoms with E-state index in [4.69, 9.17) is 4.74 Å². The lowest BCUT2D eigenvalue weighted by Crippen LogP contribution is -2.36. The molecular formula is C11H13F2NO2. The summed E-state index contributed by atoms with van der Waals surface area (Å²) in [5.74, 6) is -2.05. The average molecular weight is 229 g/mol. The van der Waals surface area contributed by atoms with Gasteiger partial charge in [-0.25, -0.2) is 8.78 Å². The number of halogens is 2. The predicted molar refractivity (Wildman–Crippen MR) is 55.2 cm³/mol. The summed E-state index contributed by atoms with van der Waals surface area (Å²) in [4.78, 5) is 11.5. The van der Waals surface area contributed by atoms with Crippen molar-refractivity contribution < 1.29 is 18.3 Å². The molecule has 1 atom stereocenters. The van der Waals surface area contributed by atoms with Crippen molar-refractivity contribution in [2.45, 2.75) is 13.0 Å². The molecular weight excluding hydrogens is 216 g/mol. The Hall–Kier alpha value is -1.49. The molecule has 0 heterocycles. The zero-order valence-corrected chi connectivity index (χ0v) is 9.09. The summed E-state index contributed by atoms with van der Waals surface area (Å²) in [6.07, 6.45) is 0. The van der Waals surface area contributed by atoms with Crippen molar-refractivity contribution in [2.24, 2.45) is 0 Å². The van der Waals surface area contributed by atoms with Gasteiger partial charge in [0.2, 0.25) is 0 Å². The molecule has 1 N–H and O–H groups in total. The summed E-state index contributed by atoms with van der Waals surface area (Å²) in [6, 6.07) is 2.49. The number of carbonyl (C=O) groups is 1. The molecule has 1 aromatic carbocycles. The number of amides is 1. The van der Waals surface area contributed by atoms with E-state index in [9.17, 15) is 13.6 Å². The fraction of sp³-hybridized carbons (Fsp3) is 0.364. The van der Waals surface area contributed by atoms with Crippen LogP contribution in [0.2, 0.25) is 0 Å². The fourth-order valence-electron chi connectivity index (χ4n) is 1.26. The highest BCUT2D eigenvalue weighted by atomic mass is 19.1. The lowest BCUT2D eigenvalue weighted by atomic mass is 10.2. The third kappa shape index (κ3) is 3.27. The van der Waals surface area contributed by atoms with Crippen LogP contribution in [-0.2, 0) is 4.74 Å². The van der Waals surface area contributed by atoms with Crippen LogP contribution in [0.1, 0.15) is 17.3 Å². The second kappa shape index (κ2) is 5.55. The first-order valence-corrected chi connectivity index (χ1v) is 4.79. The van der Waals surface area contributed by atoms with Gasteiger partial charge in [0.15, 0.2) is 0 Å². The maximum atomic E-state index is 13.2. The lowest BCUT2D eigenvalue weighted by Gasteiger charge is -2.12. The van der Waals surface area contributed by atoms with Gasteiger partial charge in [0.1, 0.15) is 11.6 Å². The molecule has 0 bridgehead atoms. The molecule has 0 fully saturated rings. The van der Waals surface area contributed by atoms with Crippen molar-refractivity contribution in [3.8, 4) is 0 Å². The third-order valence-electron chi connectivity index (χ3n) is 1.97. The molecule has 88 valence electrons. The van der Waals surface area contributed by atoms with Crippen LogP contribution >= 0.6 is 0 Å². The highest BCUT2D eigenvalue weighted by molar-refractivity contribution is 5.94. The molecule has 0 unspecified atom stereocenters. The number of rotatable bonds is 4. The SMILES string of the molecule is COC[C@H](C)NC(=O)c1cc(F)ccc1F. The molecule has 3 nitrogen and oxygen atoms in total. The van der Waals surface area contributed by atoms with E-state index in [1.165, 1.54) is 7.11 Å². The standard InChI is InChI=1S/C11H13F2NO2/c1-7(6-16-2)14-11(15)9-5-8(12)3-4-10(9)13/h3-5,7H,6H2,1-2H3,(H,14,15)/t7-/m0/s1. The van der Waals surface area contributed by atoms with Gasteiger partial charge in [0, 0.05) is 13.2 Å². The summed E-state index contributed by atoms with van der Waals surface area (Å²) in [7, 11) is 1.49. The molecule has 16 heavy (non-hydrogen) atoms. The first kappa shape index (κ1) is 12.6. The molecule has 0 saturated carbocycles. The van der Waals surface area contributed by atoms with Crippen LogP contribution in [-0.4, -0.2) is 25.7 Å². The molecule has 0 radical (unpaired) electrons. The molecule has 5 heteroatoms. The van der Waals surface area contributed by atoms with Gasteiger partial charge in [-0.1, -0.05) is 0 Å². The van der Waals surface area contributed by atoms with Gasteiger partial charge < -0.3 is 10.1 Å². The second-order valence-electron chi connectivity index (χ2n) is 3.45. The van der Waals surface area contributed by atoms with Crippen molar-refractivity contribution in [3.05, 3.63) is 35.4 Å². The van der Waals surface area contributed by atoms with Crippen LogP contribution in [0.25, 0.3) is 0 Å². The van der Waals surface area contributed by atoms with E-state index in [1.807, 2.05) is 0 Å². The van der Waals surface area contributed by atoms with Crippen molar-refractivity contribution >= 4 is 5.91 Å². The molecule has 1 aromatic rings. The molecule has 0 aromatic heterocycles. The van der Waals surface area contributed by atoms with Crippen molar-refractivity contribution in [3.63, 3.8) is 0 Å². The average Bonchev–Trinajstić information content (AvgIpc) is 2.21. The van der Waals surface area contributed by atoms with Gasteiger partial charge in [0.25, 0.3) is 5.91 Å². The first-order chi connectivity index (χ1) is 7.54. The normalized spacial score (nSPS) is 12.2. The van der Waals surface area contributed by atoms with Gasteiger partial charge in [-0.3, -0.25) is 4.79 Å². The predicted octanol–water partition coefficient (Wildman–Crippen LogP) is 1.73. The Kier molecular flexibility index (Phi) is 4.37. The van der Waals surface area contributed by atoms with Crippen LogP contribution in [0, 0.1) is 11.6 Å². The highest BCUT2D eigenvalue weighted by Crippen LogP contribution is 2.09. The molecule has 0 saturated heterocycles. The largest absolute Gasteiger partial charge is 0.383 e. The number of hydrogen-bond acceptors (Lipinski definition) is 2. The summed E-state index contributed by atoms with van der Waals surface area (Å²) in [5, 5.41) is 2.49. The molecule has 0 aliphatic carbocycles. The van der Waals surface area contributed by atoms with Crippen molar-refractivity contribution in [1.82, 2.24) is 5.32 Å². The van der Waals surface area contributed by atoms with E-state index < -0.39 is 17.5 Å². The van der Waals surface area contributed by atoms with E-state index in [-0.39, 0.29) is 11.6 Å². The van der Waals surface area contributed by atoms with Gasteiger partial charge in [-0.15, -0.1) is 0 Å². The van der Waals surface area contributed by atoms with Crippen LogP contribution in [0.5, 0.6) is 0 Å². The van der Waals surface area contributed by atoms with Gasteiger partial charge in [-0.05, 0) is 25.1 Å². The summed E-state index contributed by atoms with van der Waals surface area (Å²) in [6.45, 7) is 2.02. The topological polar surface area (TPSA) is 38.3 Å². The number of carbonyl (C=O) groups excluding carboxylic acids is 1. The molecule has 1 amide bonds. The van der Waals surface area contributed by atoms with E-state index in [0.29, 0.717) is 6.61 Å². The number of methoxy groups -OCH3 is 1. The second-order valence-corrected chi connectivity index (χ2v) is 3.45. The summed E-state index contributed by atoms with van der Waals surface area (Å²) in [5.41, 5.74) is -0.303. The fourth-order valence-corrected chi connectivity index (χ4v) is 1.26. The number of nitrogens with one attached hydrogen (secondary N) is 1. The van der Waals surface area contributed by atoms with E-state index >= 15 is 0 Å². The Morgan fingerprint density at radius 2 is 2.19 bits per heavy atom. The van der Waals surface area contributed by atoms with Crippen LogP contribution < -0.4 is 5.32 Å². The molecule has 0 aliphatic rings. The van der Waals surface area contributed by atoms with Crippen LogP contribution in [0.15, 0.2) is 18.2 Å². The zero-order chi connectivity index (χ0) is 12.1. The monoisotopic (exact) mass is 229 g/mol. The number of ether oxygens (including phenoxy) is 1. The smallest absolute Gasteiger partial charge is 0.254 e. The maximum absolute atomic E-state index is 13.2. The third-order valence-corrected chi connectivity index (χ3v) is 1.97. The Morgan fingerprint density at radius 3 is 2.81 bits per heavy atom. The molecule has 0 aliphatic heterocycles. The van der Waals surface area contributed by atoms with Crippen molar-refractivity contribution in [2.75, 3.05) is 13.7 Å². The minimum atomic E-state index is -0.747. The van der Waals surface area contributed by atoms with Crippen LogP contribution in [0.3, 0.4) is 0 Å². The molecule has 0 spiro atoms. The number of hydrogen-bond donors (Lipinski definition) is 1. The Bertz CT molecular complexity index is 382. The van der Waals surface area contributed by atoms with E-state index in [0.717, 1.165) is 18.2 Å². The lowest BCUT2D eigenvalue weighted by molar-refractivity contribution is 0.0901.